The number of pyridine rings is 1. The van der Waals surface area contributed by atoms with Crippen molar-refractivity contribution in [2.45, 2.75) is 37.9 Å². The van der Waals surface area contributed by atoms with Crippen molar-refractivity contribution < 1.29 is 23.8 Å². The fourth-order valence-corrected chi connectivity index (χ4v) is 5.41. The lowest BCUT2D eigenvalue weighted by atomic mass is 9.88. The minimum atomic E-state index is -0.888. The second-order valence-corrected chi connectivity index (χ2v) is 8.94. The van der Waals surface area contributed by atoms with Gasteiger partial charge in [0.25, 0.3) is 5.56 Å². The number of methoxy groups -OCH3 is 1. The highest BCUT2D eigenvalue weighted by Crippen LogP contribution is 2.50. The van der Waals surface area contributed by atoms with Crippen molar-refractivity contribution in [3.05, 3.63) is 58.3 Å². The molecule has 0 unspecified atom stereocenters. The van der Waals surface area contributed by atoms with E-state index in [0.717, 1.165) is 12.8 Å². The number of nitrogens with zero attached hydrogens (tertiary/aromatic N) is 2. The van der Waals surface area contributed by atoms with Crippen LogP contribution < -0.4 is 5.56 Å². The Balaban J connectivity index is 1.60. The molecule has 168 valence electrons. The lowest BCUT2D eigenvalue weighted by Crippen LogP contribution is -2.46. The molecule has 0 radical (unpaired) electrons. The first-order valence-corrected chi connectivity index (χ1v) is 10.9. The third-order valence-electron chi connectivity index (χ3n) is 7.13. The normalized spacial score (nSPS) is 26.0. The number of fused-ring (bicyclic) bond motifs is 3. The van der Waals surface area contributed by atoms with Crippen LogP contribution in [0.15, 0.2) is 41.2 Å². The molecule has 1 saturated carbocycles. The van der Waals surface area contributed by atoms with Gasteiger partial charge in [-0.05, 0) is 37.0 Å². The summed E-state index contributed by atoms with van der Waals surface area (Å²) >= 11 is 0. The number of likely N-dealkylation sites (tertiary alicyclic amines) is 1. The summed E-state index contributed by atoms with van der Waals surface area (Å²) in [6.07, 6.45) is 2.32. The Bertz CT molecular complexity index is 1140. The molecule has 1 aromatic heterocycles. The zero-order chi connectivity index (χ0) is 22.6. The highest BCUT2D eigenvalue weighted by Gasteiger charge is 2.58. The molecule has 1 amide bonds. The van der Waals surface area contributed by atoms with Gasteiger partial charge in [0.05, 0.1) is 18.7 Å². The summed E-state index contributed by atoms with van der Waals surface area (Å²) in [6.45, 7) is -0.0654. The van der Waals surface area contributed by atoms with Gasteiger partial charge in [-0.3, -0.25) is 9.59 Å². The van der Waals surface area contributed by atoms with Gasteiger partial charge in [-0.1, -0.05) is 18.2 Å². The van der Waals surface area contributed by atoms with Crippen LogP contribution in [0.2, 0.25) is 0 Å². The molecule has 5 rings (SSSR count). The van der Waals surface area contributed by atoms with E-state index in [0.29, 0.717) is 18.0 Å². The van der Waals surface area contributed by atoms with E-state index < -0.39 is 29.8 Å². The van der Waals surface area contributed by atoms with Crippen LogP contribution >= 0.6 is 0 Å². The van der Waals surface area contributed by atoms with Crippen molar-refractivity contribution in [3.63, 3.8) is 0 Å². The second-order valence-electron chi connectivity index (χ2n) is 8.94. The number of ether oxygens (including phenoxy) is 1. The van der Waals surface area contributed by atoms with Crippen molar-refractivity contribution in [3.8, 4) is 11.1 Å². The van der Waals surface area contributed by atoms with E-state index in [2.05, 4.69) is 0 Å². The Labute approximate surface area is 184 Å². The van der Waals surface area contributed by atoms with Gasteiger partial charge in [0.1, 0.15) is 11.9 Å². The third kappa shape index (κ3) is 3.16. The van der Waals surface area contributed by atoms with E-state index in [1.54, 1.807) is 34.9 Å². The Hall–Kier alpha value is -3.00. The average Bonchev–Trinajstić information content (AvgIpc) is 3.43. The number of hydrogen-bond donors (Lipinski definition) is 1. The number of benzene rings is 1. The second kappa shape index (κ2) is 7.85. The third-order valence-corrected chi connectivity index (χ3v) is 7.13. The van der Waals surface area contributed by atoms with Gasteiger partial charge in [-0.2, -0.15) is 0 Å². The summed E-state index contributed by atoms with van der Waals surface area (Å²) in [5, 5.41) is 10.2. The first-order valence-electron chi connectivity index (χ1n) is 10.9. The molecule has 2 aromatic rings. The molecular weight excluding hydrogens is 415 g/mol. The largest absolute Gasteiger partial charge is 0.467 e. The molecule has 1 saturated heterocycles. The van der Waals surface area contributed by atoms with E-state index in [-0.39, 0.29) is 41.7 Å². The Morgan fingerprint density at radius 3 is 2.56 bits per heavy atom. The number of aromatic nitrogens is 1. The van der Waals surface area contributed by atoms with Gasteiger partial charge in [0.15, 0.2) is 0 Å². The minimum Gasteiger partial charge on any atom is -0.467 e. The summed E-state index contributed by atoms with van der Waals surface area (Å²) < 4.78 is 20.9. The smallest absolute Gasteiger partial charge is 0.328 e. The number of rotatable bonds is 5. The molecule has 8 heteroatoms. The summed E-state index contributed by atoms with van der Waals surface area (Å²) in [4.78, 5) is 40.8. The standard InChI is InChI=1S/C24H25FN2O5/c1-32-24(31)22-17(12-28)16-11-26-19(21(16)27(22)20(29)10-13-6-7-13)9-8-15(23(26)30)14-4-2-3-5-18(14)25/h2-5,8-9,13,16-17,21-22,28H,6-7,10-12H2,1H3/t16-,17-,21+,22-/m0/s1. The summed E-state index contributed by atoms with van der Waals surface area (Å²) in [6, 6.07) is 8.03. The van der Waals surface area contributed by atoms with Crippen molar-refractivity contribution in [1.29, 1.82) is 0 Å². The fourth-order valence-electron chi connectivity index (χ4n) is 5.41. The summed E-state index contributed by atoms with van der Waals surface area (Å²) in [5.74, 6) is -1.74. The summed E-state index contributed by atoms with van der Waals surface area (Å²) in [7, 11) is 1.27. The molecule has 1 N–H and O–H groups in total. The first-order chi connectivity index (χ1) is 15.5. The zero-order valence-electron chi connectivity index (χ0n) is 17.7. The Kier molecular flexibility index (Phi) is 5.12. The number of aliphatic hydroxyl groups is 1. The minimum absolute atomic E-state index is 0.159. The highest BCUT2D eigenvalue weighted by atomic mass is 19.1. The average molecular weight is 440 g/mol. The van der Waals surface area contributed by atoms with Gasteiger partial charge in [-0.25, -0.2) is 9.18 Å². The zero-order valence-corrected chi connectivity index (χ0v) is 17.7. The molecule has 4 atom stereocenters. The maximum atomic E-state index is 14.3. The van der Waals surface area contributed by atoms with Crippen LogP contribution in [0.3, 0.4) is 0 Å². The number of aliphatic hydroxyl groups excluding tert-OH is 1. The fraction of sp³-hybridized carbons (Fsp3) is 0.458. The quantitative estimate of drug-likeness (QED) is 0.720. The lowest BCUT2D eigenvalue weighted by Gasteiger charge is -2.30. The van der Waals surface area contributed by atoms with Crippen molar-refractivity contribution >= 4 is 11.9 Å². The molecule has 1 aromatic carbocycles. The lowest BCUT2D eigenvalue weighted by molar-refractivity contribution is -0.154. The van der Waals surface area contributed by atoms with Gasteiger partial charge in [0.2, 0.25) is 5.91 Å². The number of halogens is 1. The first kappa shape index (κ1) is 20.9. The van der Waals surface area contributed by atoms with E-state index in [1.807, 2.05) is 0 Å². The van der Waals surface area contributed by atoms with Crippen molar-refractivity contribution in [2.75, 3.05) is 13.7 Å². The van der Waals surface area contributed by atoms with E-state index in [9.17, 15) is 23.9 Å². The molecular formula is C24H25FN2O5. The highest BCUT2D eigenvalue weighted by molar-refractivity contribution is 5.86. The van der Waals surface area contributed by atoms with Crippen molar-refractivity contribution in [2.24, 2.45) is 17.8 Å². The van der Waals surface area contributed by atoms with Crippen LogP contribution in [0.1, 0.15) is 31.0 Å². The van der Waals surface area contributed by atoms with Gasteiger partial charge >= 0.3 is 5.97 Å². The van der Waals surface area contributed by atoms with Crippen LogP contribution in [-0.2, 0) is 20.9 Å². The molecule has 3 aliphatic rings. The van der Waals surface area contributed by atoms with Crippen LogP contribution in [0, 0.1) is 23.6 Å². The number of carbonyl (C=O) groups excluding carboxylic acids is 2. The van der Waals surface area contributed by atoms with Crippen molar-refractivity contribution in [1.82, 2.24) is 9.47 Å². The number of hydrogen-bond acceptors (Lipinski definition) is 5. The molecule has 32 heavy (non-hydrogen) atoms. The number of amides is 1. The maximum absolute atomic E-state index is 14.3. The van der Waals surface area contributed by atoms with E-state index in [4.69, 9.17) is 4.74 Å². The van der Waals surface area contributed by atoms with Gasteiger partial charge in [0, 0.05) is 42.7 Å². The molecule has 2 aliphatic heterocycles. The predicted molar refractivity (Wildman–Crippen MR) is 113 cm³/mol. The van der Waals surface area contributed by atoms with E-state index >= 15 is 0 Å². The maximum Gasteiger partial charge on any atom is 0.328 e. The molecule has 1 aliphatic carbocycles. The van der Waals surface area contributed by atoms with E-state index in [1.165, 1.54) is 18.1 Å². The monoisotopic (exact) mass is 440 g/mol. The van der Waals surface area contributed by atoms with Gasteiger partial charge in [-0.15, -0.1) is 0 Å². The van der Waals surface area contributed by atoms with Crippen LogP contribution in [0.5, 0.6) is 0 Å². The predicted octanol–water partition coefficient (Wildman–Crippen LogP) is 2.12. The number of esters is 1. The molecule has 0 spiro atoms. The number of carbonyl (C=O) groups is 2. The van der Waals surface area contributed by atoms with Crippen LogP contribution in [-0.4, -0.2) is 46.2 Å². The van der Waals surface area contributed by atoms with Gasteiger partial charge < -0.3 is 19.3 Å². The SMILES string of the molecule is COC(=O)[C@@H]1[C@@H](CO)[C@@H]2Cn3c(ccc(-c4ccccc4F)c3=O)[C@@H]2N1C(=O)CC1CC1. The Morgan fingerprint density at radius 1 is 1.16 bits per heavy atom. The summed E-state index contributed by atoms with van der Waals surface area (Å²) in [5.41, 5.74) is 0.724. The van der Waals surface area contributed by atoms with Crippen LogP contribution in [0.25, 0.3) is 11.1 Å². The topological polar surface area (TPSA) is 88.8 Å². The molecule has 7 nitrogen and oxygen atoms in total. The molecule has 2 fully saturated rings. The van der Waals surface area contributed by atoms with Crippen LogP contribution in [0.4, 0.5) is 4.39 Å². The Morgan fingerprint density at radius 2 is 1.91 bits per heavy atom. The molecule has 0 bridgehead atoms. The molecule has 3 heterocycles.